The minimum absolute atomic E-state index is 0.230. The van der Waals surface area contributed by atoms with Crippen LogP contribution in [0.4, 0.5) is 5.69 Å². The maximum Gasteiger partial charge on any atom is 0.143 e. The number of anilines is 1. The second-order valence-corrected chi connectivity index (χ2v) is 5.34. The predicted octanol–water partition coefficient (Wildman–Crippen LogP) is 4.53. The molecule has 0 fully saturated rings. The Kier molecular flexibility index (Phi) is 4.07. The number of nitrogens with one attached hydrogen (secondary N) is 1. The van der Waals surface area contributed by atoms with E-state index in [0.29, 0.717) is 15.5 Å². The molecule has 0 aliphatic heterocycles. The fraction of sp³-hybridized carbons (Fsp3) is 0.0769. The van der Waals surface area contributed by atoms with Crippen molar-refractivity contribution in [2.24, 2.45) is 0 Å². The van der Waals surface area contributed by atoms with E-state index in [1.54, 1.807) is 0 Å². The van der Waals surface area contributed by atoms with E-state index in [1.807, 2.05) is 42.5 Å². The van der Waals surface area contributed by atoms with E-state index < -0.39 is 0 Å². The molecule has 0 heterocycles. The lowest BCUT2D eigenvalue weighted by Gasteiger charge is -2.08. The third-order valence-corrected chi connectivity index (χ3v) is 3.56. The zero-order chi connectivity index (χ0) is 12.3. The first-order chi connectivity index (χ1) is 8.16. The summed E-state index contributed by atoms with van der Waals surface area (Å²) in [6, 6.07) is 13.8. The highest BCUT2D eigenvalue weighted by atomic mass is 79.9. The van der Waals surface area contributed by atoms with E-state index in [0.717, 1.165) is 11.3 Å². The molecule has 0 aliphatic carbocycles. The summed E-state index contributed by atoms with van der Waals surface area (Å²) < 4.78 is 1.38. The van der Waals surface area contributed by atoms with E-state index in [1.165, 1.54) is 0 Å². The SMILES string of the molecule is Oc1c(Br)cc(CNc2ccccc2)cc1Br. The quantitative estimate of drug-likeness (QED) is 0.846. The second kappa shape index (κ2) is 5.56. The van der Waals surface area contributed by atoms with Gasteiger partial charge in [-0.15, -0.1) is 0 Å². The van der Waals surface area contributed by atoms with E-state index >= 15 is 0 Å². The van der Waals surface area contributed by atoms with Crippen LogP contribution in [0.5, 0.6) is 5.75 Å². The fourth-order valence-corrected chi connectivity index (χ4v) is 2.76. The topological polar surface area (TPSA) is 32.3 Å². The summed E-state index contributed by atoms with van der Waals surface area (Å²) in [5, 5.41) is 12.9. The Hall–Kier alpha value is -1.00. The maximum atomic E-state index is 9.60. The summed E-state index contributed by atoms with van der Waals surface area (Å²) in [7, 11) is 0. The molecule has 0 spiro atoms. The van der Waals surface area contributed by atoms with Crippen molar-refractivity contribution in [2.45, 2.75) is 6.54 Å². The number of para-hydroxylation sites is 1. The van der Waals surface area contributed by atoms with Crippen LogP contribution in [0.2, 0.25) is 0 Å². The van der Waals surface area contributed by atoms with Crippen molar-refractivity contribution in [2.75, 3.05) is 5.32 Å². The Bertz CT molecular complexity index is 491. The number of rotatable bonds is 3. The highest BCUT2D eigenvalue weighted by Crippen LogP contribution is 2.33. The molecule has 0 atom stereocenters. The zero-order valence-corrected chi connectivity index (χ0v) is 12.1. The van der Waals surface area contributed by atoms with Crippen LogP contribution in [-0.2, 0) is 6.54 Å². The molecule has 2 rings (SSSR count). The first-order valence-electron chi connectivity index (χ1n) is 5.12. The first kappa shape index (κ1) is 12.5. The number of phenols is 1. The van der Waals surface area contributed by atoms with Crippen LogP contribution in [0, 0.1) is 0 Å². The van der Waals surface area contributed by atoms with Crippen LogP contribution in [0.15, 0.2) is 51.4 Å². The molecule has 2 aromatic rings. The summed E-state index contributed by atoms with van der Waals surface area (Å²) in [4.78, 5) is 0. The van der Waals surface area contributed by atoms with Crippen LogP contribution in [0.3, 0.4) is 0 Å². The van der Waals surface area contributed by atoms with Gasteiger partial charge in [-0.2, -0.15) is 0 Å². The number of aromatic hydroxyl groups is 1. The van der Waals surface area contributed by atoms with Gasteiger partial charge in [0.1, 0.15) is 5.75 Å². The van der Waals surface area contributed by atoms with Gasteiger partial charge >= 0.3 is 0 Å². The maximum absolute atomic E-state index is 9.60. The largest absolute Gasteiger partial charge is 0.506 e. The summed E-state index contributed by atoms with van der Waals surface area (Å²) in [6.45, 7) is 0.710. The summed E-state index contributed by atoms with van der Waals surface area (Å²) in [5.41, 5.74) is 2.17. The summed E-state index contributed by atoms with van der Waals surface area (Å²) in [6.07, 6.45) is 0. The molecule has 0 saturated carbocycles. The molecular formula is C13H11Br2NO. The molecule has 0 aromatic heterocycles. The number of phenolic OH excluding ortho intramolecular Hbond substituents is 1. The lowest BCUT2D eigenvalue weighted by molar-refractivity contribution is 0.468. The Morgan fingerprint density at radius 3 is 2.18 bits per heavy atom. The summed E-state index contributed by atoms with van der Waals surface area (Å²) >= 11 is 6.63. The van der Waals surface area contributed by atoms with Crippen molar-refractivity contribution in [1.82, 2.24) is 0 Å². The summed E-state index contributed by atoms with van der Waals surface area (Å²) in [5.74, 6) is 0.230. The molecule has 0 radical (unpaired) electrons. The third kappa shape index (κ3) is 3.23. The molecule has 0 saturated heterocycles. The normalized spacial score (nSPS) is 10.2. The van der Waals surface area contributed by atoms with Crippen LogP contribution < -0.4 is 5.32 Å². The molecule has 0 unspecified atom stereocenters. The number of halogens is 2. The molecule has 0 amide bonds. The fourth-order valence-electron chi connectivity index (χ4n) is 1.48. The molecule has 4 heteroatoms. The van der Waals surface area contributed by atoms with Crippen LogP contribution >= 0.6 is 31.9 Å². The lowest BCUT2D eigenvalue weighted by Crippen LogP contribution is -1.99. The molecule has 2 nitrogen and oxygen atoms in total. The van der Waals surface area contributed by atoms with Gasteiger partial charge in [-0.3, -0.25) is 0 Å². The highest BCUT2D eigenvalue weighted by Gasteiger charge is 2.05. The monoisotopic (exact) mass is 355 g/mol. The average molecular weight is 357 g/mol. The van der Waals surface area contributed by atoms with Gasteiger partial charge in [0, 0.05) is 12.2 Å². The van der Waals surface area contributed by atoms with Crippen molar-refractivity contribution >= 4 is 37.5 Å². The highest BCUT2D eigenvalue weighted by molar-refractivity contribution is 9.11. The Labute approximate surface area is 117 Å². The Morgan fingerprint density at radius 2 is 1.59 bits per heavy atom. The molecule has 0 bridgehead atoms. The molecule has 2 N–H and O–H groups in total. The van der Waals surface area contributed by atoms with Gasteiger partial charge in [0.25, 0.3) is 0 Å². The first-order valence-corrected chi connectivity index (χ1v) is 6.71. The number of hydrogen-bond donors (Lipinski definition) is 2. The van der Waals surface area contributed by atoms with Crippen LogP contribution in [0.25, 0.3) is 0 Å². The van der Waals surface area contributed by atoms with E-state index in [-0.39, 0.29) is 5.75 Å². The standard InChI is InChI=1S/C13H11Br2NO/c14-11-6-9(7-12(15)13(11)17)8-16-10-4-2-1-3-5-10/h1-7,16-17H,8H2. The van der Waals surface area contributed by atoms with E-state index in [9.17, 15) is 5.11 Å². The Balaban J connectivity index is 2.10. The predicted molar refractivity (Wildman–Crippen MR) is 77.3 cm³/mol. The van der Waals surface area contributed by atoms with Crippen molar-refractivity contribution < 1.29 is 5.11 Å². The molecule has 88 valence electrons. The average Bonchev–Trinajstić information content (AvgIpc) is 2.34. The van der Waals surface area contributed by atoms with Crippen molar-refractivity contribution in [1.29, 1.82) is 0 Å². The van der Waals surface area contributed by atoms with Crippen molar-refractivity contribution in [3.8, 4) is 5.75 Å². The number of hydrogen-bond acceptors (Lipinski definition) is 2. The van der Waals surface area contributed by atoms with E-state index in [2.05, 4.69) is 37.2 Å². The van der Waals surface area contributed by atoms with Gasteiger partial charge in [-0.1, -0.05) is 18.2 Å². The van der Waals surface area contributed by atoms with Crippen molar-refractivity contribution in [3.63, 3.8) is 0 Å². The van der Waals surface area contributed by atoms with Gasteiger partial charge in [-0.05, 0) is 61.7 Å². The second-order valence-electron chi connectivity index (χ2n) is 3.63. The third-order valence-electron chi connectivity index (χ3n) is 2.35. The van der Waals surface area contributed by atoms with Gasteiger partial charge in [0.05, 0.1) is 8.95 Å². The molecule has 0 aliphatic rings. The zero-order valence-electron chi connectivity index (χ0n) is 8.95. The smallest absolute Gasteiger partial charge is 0.143 e. The van der Waals surface area contributed by atoms with Gasteiger partial charge < -0.3 is 10.4 Å². The number of benzene rings is 2. The lowest BCUT2D eigenvalue weighted by atomic mass is 10.2. The minimum Gasteiger partial charge on any atom is -0.506 e. The minimum atomic E-state index is 0.230. The molecule has 17 heavy (non-hydrogen) atoms. The molecule has 2 aromatic carbocycles. The van der Waals surface area contributed by atoms with E-state index in [4.69, 9.17) is 0 Å². The van der Waals surface area contributed by atoms with Crippen molar-refractivity contribution in [3.05, 3.63) is 57.0 Å². The Morgan fingerprint density at radius 1 is 1.00 bits per heavy atom. The van der Waals surface area contributed by atoms with Crippen LogP contribution in [-0.4, -0.2) is 5.11 Å². The van der Waals surface area contributed by atoms with Gasteiger partial charge in [-0.25, -0.2) is 0 Å². The van der Waals surface area contributed by atoms with Gasteiger partial charge in [0.2, 0.25) is 0 Å². The van der Waals surface area contributed by atoms with Gasteiger partial charge in [0.15, 0.2) is 0 Å². The molecular weight excluding hydrogens is 346 g/mol. The van der Waals surface area contributed by atoms with Crippen LogP contribution in [0.1, 0.15) is 5.56 Å².